The van der Waals surface area contributed by atoms with E-state index in [4.69, 9.17) is 4.74 Å². The number of rotatable bonds is 6. The van der Waals surface area contributed by atoms with E-state index in [0.717, 1.165) is 54.6 Å². The SMILES string of the molecule is COC[C@H]1CC[C@@H]2C3CC[C@@]4(C)C(CC[C@@H]4CNCc4ccccc4)[C@@H]3CC[C@@H]2C1. The first-order valence-electron chi connectivity index (χ1n) is 12.9. The van der Waals surface area contributed by atoms with Gasteiger partial charge in [0, 0.05) is 20.3 Å². The quantitative estimate of drug-likeness (QED) is 0.594. The second kappa shape index (κ2) is 8.94. The van der Waals surface area contributed by atoms with Crippen LogP contribution in [0.3, 0.4) is 0 Å². The van der Waals surface area contributed by atoms with Gasteiger partial charge in [0.1, 0.15) is 0 Å². The van der Waals surface area contributed by atoms with E-state index in [9.17, 15) is 0 Å². The van der Waals surface area contributed by atoms with E-state index in [1.807, 2.05) is 7.11 Å². The number of fused-ring (bicyclic) bond motifs is 5. The molecule has 0 aliphatic heterocycles. The van der Waals surface area contributed by atoms with Gasteiger partial charge < -0.3 is 10.1 Å². The van der Waals surface area contributed by atoms with Crippen LogP contribution < -0.4 is 5.32 Å². The first kappa shape index (κ1) is 21.0. The molecule has 1 N–H and O–H groups in total. The van der Waals surface area contributed by atoms with Gasteiger partial charge >= 0.3 is 0 Å². The maximum Gasteiger partial charge on any atom is 0.0490 e. The highest BCUT2D eigenvalue weighted by Crippen LogP contribution is 2.64. The van der Waals surface area contributed by atoms with Crippen molar-refractivity contribution in [2.45, 2.75) is 71.3 Å². The summed E-state index contributed by atoms with van der Waals surface area (Å²) in [5.74, 6) is 6.84. The van der Waals surface area contributed by atoms with Crippen molar-refractivity contribution < 1.29 is 4.74 Å². The molecule has 4 fully saturated rings. The average molecular weight is 410 g/mol. The molecule has 0 amide bonds. The van der Waals surface area contributed by atoms with Crippen molar-refractivity contribution in [2.75, 3.05) is 20.3 Å². The number of hydrogen-bond acceptors (Lipinski definition) is 2. The van der Waals surface area contributed by atoms with Crippen LogP contribution in [0.5, 0.6) is 0 Å². The van der Waals surface area contributed by atoms with Gasteiger partial charge in [-0.25, -0.2) is 0 Å². The first-order chi connectivity index (χ1) is 14.7. The fourth-order valence-electron chi connectivity index (χ4n) is 8.77. The van der Waals surface area contributed by atoms with Crippen LogP contribution >= 0.6 is 0 Å². The van der Waals surface area contributed by atoms with Crippen LogP contribution in [-0.4, -0.2) is 20.3 Å². The summed E-state index contributed by atoms with van der Waals surface area (Å²) in [7, 11) is 1.89. The predicted octanol–water partition coefficient (Wildman–Crippen LogP) is 6.31. The lowest BCUT2D eigenvalue weighted by molar-refractivity contribution is -0.0714. The Labute approximate surface area is 184 Å². The minimum Gasteiger partial charge on any atom is -0.384 e. The van der Waals surface area contributed by atoms with E-state index in [1.165, 1.54) is 69.9 Å². The highest BCUT2D eigenvalue weighted by Gasteiger charge is 2.56. The van der Waals surface area contributed by atoms with Crippen molar-refractivity contribution in [2.24, 2.45) is 46.8 Å². The van der Waals surface area contributed by atoms with Gasteiger partial charge in [-0.3, -0.25) is 0 Å². The molecular formula is C28H43NO. The summed E-state index contributed by atoms with van der Waals surface area (Å²) in [6.07, 6.45) is 13.4. The summed E-state index contributed by atoms with van der Waals surface area (Å²) in [5, 5.41) is 3.82. The number of methoxy groups -OCH3 is 1. The number of benzene rings is 1. The normalized spacial score (nSPS) is 42.9. The van der Waals surface area contributed by atoms with Crippen LogP contribution in [0.2, 0.25) is 0 Å². The Balaban J connectivity index is 1.20. The van der Waals surface area contributed by atoms with Crippen molar-refractivity contribution in [1.82, 2.24) is 5.32 Å². The van der Waals surface area contributed by atoms with Crippen LogP contribution in [0.1, 0.15) is 70.3 Å². The summed E-state index contributed by atoms with van der Waals surface area (Å²) >= 11 is 0. The molecule has 4 aliphatic carbocycles. The minimum absolute atomic E-state index is 0.588. The van der Waals surface area contributed by atoms with Crippen molar-refractivity contribution in [3.05, 3.63) is 35.9 Å². The van der Waals surface area contributed by atoms with Gasteiger partial charge in [-0.05, 0) is 117 Å². The maximum absolute atomic E-state index is 5.50. The lowest BCUT2D eigenvalue weighted by Crippen LogP contribution is -2.49. The molecule has 1 aromatic carbocycles. The van der Waals surface area contributed by atoms with Crippen LogP contribution in [0.4, 0.5) is 0 Å². The minimum atomic E-state index is 0.588. The number of nitrogens with one attached hydrogen (secondary N) is 1. The summed E-state index contributed by atoms with van der Waals surface area (Å²) in [4.78, 5) is 0. The molecule has 0 radical (unpaired) electrons. The Kier molecular flexibility index (Phi) is 6.26. The first-order valence-corrected chi connectivity index (χ1v) is 12.9. The van der Waals surface area contributed by atoms with E-state index >= 15 is 0 Å². The molecule has 0 heterocycles. The average Bonchev–Trinajstić information content (AvgIpc) is 3.11. The summed E-state index contributed by atoms with van der Waals surface area (Å²) in [5.41, 5.74) is 2.01. The standard InChI is InChI=1S/C28H43NO/c1-28-15-14-25-24-11-8-21(19-30-2)16-22(24)9-12-26(25)27(28)13-10-23(28)18-29-17-20-6-4-3-5-7-20/h3-7,21-27,29H,8-19H2,1-2H3/t21-,22+,23+,24-,25?,26+,27?,28+/m0/s1. The molecule has 0 spiro atoms. The lowest BCUT2D eigenvalue weighted by atomic mass is 9.49. The van der Waals surface area contributed by atoms with E-state index in [0.29, 0.717) is 5.41 Å². The van der Waals surface area contributed by atoms with Crippen LogP contribution in [0.25, 0.3) is 0 Å². The van der Waals surface area contributed by atoms with Gasteiger partial charge in [-0.2, -0.15) is 0 Å². The summed E-state index contributed by atoms with van der Waals surface area (Å²) in [6, 6.07) is 10.9. The molecule has 8 atom stereocenters. The van der Waals surface area contributed by atoms with Crippen molar-refractivity contribution in [3.8, 4) is 0 Å². The van der Waals surface area contributed by atoms with Gasteiger partial charge in [0.15, 0.2) is 0 Å². The fourth-order valence-corrected chi connectivity index (χ4v) is 8.77. The second-order valence-corrected chi connectivity index (χ2v) is 11.5. The third kappa shape index (κ3) is 3.88. The molecule has 2 heteroatoms. The van der Waals surface area contributed by atoms with Crippen LogP contribution in [0, 0.1) is 46.8 Å². The van der Waals surface area contributed by atoms with Gasteiger partial charge in [-0.1, -0.05) is 37.3 Å². The Morgan fingerprint density at radius 1 is 0.933 bits per heavy atom. The van der Waals surface area contributed by atoms with E-state index < -0.39 is 0 Å². The largest absolute Gasteiger partial charge is 0.384 e. The zero-order valence-corrected chi connectivity index (χ0v) is 19.3. The molecule has 2 nitrogen and oxygen atoms in total. The molecule has 0 saturated heterocycles. The Morgan fingerprint density at radius 3 is 2.60 bits per heavy atom. The zero-order chi connectivity index (χ0) is 20.6. The van der Waals surface area contributed by atoms with Gasteiger partial charge in [0.2, 0.25) is 0 Å². The topological polar surface area (TPSA) is 21.3 Å². The smallest absolute Gasteiger partial charge is 0.0490 e. The molecule has 0 aromatic heterocycles. The Morgan fingerprint density at radius 2 is 1.77 bits per heavy atom. The van der Waals surface area contributed by atoms with Crippen molar-refractivity contribution in [3.63, 3.8) is 0 Å². The highest BCUT2D eigenvalue weighted by atomic mass is 16.5. The highest BCUT2D eigenvalue weighted by molar-refractivity contribution is 5.14. The van der Waals surface area contributed by atoms with Crippen LogP contribution in [0.15, 0.2) is 30.3 Å². The molecule has 1 aromatic rings. The van der Waals surface area contributed by atoms with E-state index in [-0.39, 0.29) is 0 Å². The van der Waals surface area contributed by atoms with Gasteiger partial charge in [-0.15, -0.1) is 0 Å². The molecule has 4 aliphatic rings. The van der Waals surface area contributed by atoms with Gasteiger partial charge in [0.05, 0.1) is 0 Å². The van der Waals surface area contributed by atoms with Crippen molar-refractivity contribution in [1.29, 1.82) is 0 Å². The monoisotopic (exact) mass is 409 g/mol. The lowest BCUT2D eigenvalue weighted by Gasteiger charge is -2.56. The molecule has 30 heavy (non-hydrogen) atoms. The molecule has 5 rings (SSSR count). The predicted molar refractivity (Wildman–Crippen MR) is 124 cm³/mol. The fraction of sp³-hybridized carbons (Fsp3) is 0.786. The zero-order valence-electron chi connectivity index (χ0n) is 19.3. The molecule has 0 bridgehead atoms. The Hall–Kier alpha value is -0.860. The number of hydrogen-bond donors (Lipinski definition) is 1. The van der Waals surface area contributed by atoms with E-state index in [2.05, 4.69) is 42.6 Å². The molecule has 2 unspecified atom stereocenters. The second-order valence-electron chi connectivity index (χ2n) is 11.5. The van der Waals surface area contributed by atoms with Crippen LogP contribution in [-0.2, 0) is 11.3 Å². The molecular weight excluding hydrogens is 366 g/mol. The third-order valence-electron chi connectivity index (χ3n) is 10.2. The van der Waals surface area contributed by atoms with Gasteiger partial charge in [0.25, 0.3) is 0 Å². The Bertz CT molecular complexity index is 689. The molecule has 4 saturated carbocycles. The number of ether oxygens (including phenoxy) is 1. The summed E-state index contributed by atoms with van der Waals surface area (Å²) in [6.45, 7) is 5.91. The van der Waals surface area contributed by atoms with Crippen molar-refractivity contribution >= 4 is 0 Å². The maximum atomic E-state index is 5.50. The molecule has 166 valence electrons. The summed E-state index contributed by atoms with van der Waals surface area (Å²) < 4.78 is 5.50. The third-order valence-corrected chi connectivity index (χ3v) is 10.2. The van der Waals surface area contributed by atoms with E-state index in [1.54, 1.807) is 0 Å².